The largest absolute Gasteiger partial charge is 0.480 e. The zero-order valence-electron chi connectivity index (χ0n) is 30.9. The summed E-state index contributed by atoms with van der Waals surface area (Å²) in [6.45, 7) is 9.65. The maximum absolute atomic E-state index is 13.4. The highest BCUT2D eigenvalue weighted by atomic mass is 16.4. The molecule has 52 heavy (non-hydrogen) atoms. The van der Waals surface area contributed by atoms with Crippen LogP contribution in [0.25, 0.3) is 0 Å². The number of likely N-dealkylation sites (tertiary alicyclic amines) is 1. The van der Waals surface area contributed by atoms with E-state index >= 15 is 0 Å². The fraction of sp³-hybridized carbons (Fsp3) is 0.727. The first-order valence-electron chi connectivity index (χ1n) is 17.5. The molecular formula is C33H57N9O10. The predicted molar refractivity (Wildman–Crippen MR) is 187 cm³/mol. The number of amides is 8. The van der Waals surface area contributed by atoms with Crippen LogP contribution in [0.15, 0.2) is 0 Å². The molecule has 1 heterocycles. The van der Waals surface area contributed by atoms with Gasteiger partial charge in [-0.2, -0.15) is 0 Å². The van der Waals surface area contributed by atoms with Crippen LogP contribution in [-0.2, 0) is 43.2 Å². The first kappa shape index (κ1) is 45.2. The molecule has 19 heteroatoms. The summed E-state index contributed by atoms with van der Waals surface area (Å²) in [7, 11) is 0. The summed E-state index contributed by atoms with van der Waals surface area (Å²) >= 11 is 0. The van der Waals surface area contributed by atoms with Crippen molar-refractivity contribution in [3.05, 3.63) is 0 Å². The highest BCUT2D eigenvalue weighted by molar-refractivity contribution is 5.96. The molecule has 0 aliphatic carbocycles. The van der Waals surface area contributed by atoms with Crippen molar-refractivity contribution >= 4 is 53.2 Å². The van der Waals surface area contributed by atoms with Gasteiger partial charge >= 0.3 is 5.97 Å². The van der Waals surface area contributed by atoms with Gasteiger partial charge in [-0.05, 0) is 49.9 Å². The fourth-order valence-electron chi connectivity index (χ4n) is 5.52. The van der Waals surface area contributed by atoms with Crippen molar-refractivity contribution in [3.63, 3.8) is 0 Å². The Hall–Kier alpha value is -4.81. The summed E-state index contributed by atoms with van der Waals surface area (Å²) in [6.07, 6.45) is 0.956. The predicted octanol–water partition coefficient (Wildman–Crippen LogP) is -2.79. The topological polar surface area (TPSA) is 301 Å². The minimum absolute atomic E-state index is 0.00947. The van der Waals surface area contributed by atoms with Gasteiger partial charge in [0.25, 0.3) is 0 Å². The van der Waals surface area contributed by atoms with E-state index in [0.29, 0.717) is 19.4 Å². The first-order valence-corrected chi connectivity index (χ1v) is 17.5. The van der Waals surface area contributed by atoms with E-state index < -0.39 is 96.5 Å². The maximum atomic E-state index is 13.4. The van der Waals surface area contributed by atoms with E-state index in [9.17, 15) is 48.3 Å². The van der Waals surface area contributed by atoms with Crippen LogP contribution < -0.4 is 43.4 Å². The highest BCUT2D eigenvalue weighted by Crippen LogP contribution is 2.18. The van der Waals surface area contributed by atoms with Crippen molar-refractivity contribution in [1.29, 1.82) is 0 Å². The lowest BCUT2D eigenvalue weighted by molar-refractivity contribution is -0.142. The SMILES string of the molecule is CC(C)C[C@H](NC(=O)CNC(=O)[C@H](CC(C)C)NC(=O)[C@@H]1CCCN1C(=O)CN)C(=O)N[C@H](C(=O)NCC(=O)N[C@@H](CCC(N)=O)C(=O)O)C(C)C. The number of hydrogen-bond acceptors (Lipinski definition) is 10. The Morgan fingerprint density at radius 1 is 0.731 bits per heavy atom. The molecule has 19 nitrogen and oxygen atoms in total. The van der Waals surface area contributed by atoms with Crippen molar-refractivity contribution < 1.29 is 48.3 Å². The summed E-state index contributed by atoms with van der Waals surface area (Å²) in [5.41, 5.74) is 10.5. The van der Waals surface area contributed by atoms with Crippen LogP contribution in [0.2, 0.25) is 0 Å². The Labute approximate surface area is 303 Å². The molecule has 5 atom stereocenters. The number of primary amides is 1. The quantitative estimate of drug-likeness (QED) is 0.0547. The minimum Gasteiger partial charge on any atom is -0.480 e. The van der Waals surface area contributed by atoms with Gasteiger partial charge < -0.3 is 53.4 Å². The number of nitrogens with zero attached hydrogens (tertiary/aromatic N) is 1. The van der Waals surface area contributed by atoms with Gasteiger partial charge in [0.2, 0.25) is 47.3 Å². The van der Waals surface area contributed by atoms with E-state index in [1.807, 2.05) is 27.7 Å². The third-order valence-electron chi connectivity index (χ3n) is 8.16. The molecule has 1 aliphatic heterocycles. The highest BCUT2D eigenvalue weighted by Gasteiger charge is 2.36. The molecule has 294 valence electrons. The van der Waals surface area contributed by atoms with Gasteiger partial charge in [0.15, 0.2) is 0 Å². The Bertz CT molecular complexity index is 1310. The molecule has 1 saturated heterocycles. The van der Waals surface area contributed by atoms with Gasteiger partial charge in [0.1, 0.15) is 30.2 Å². The van der Waals surface area contributed by atoms with Crippen molar-refractivity contribution in [1.82, 2.24) is 36.8 Å². The van der Waals surface area contributed by atoms with E-state index in [-0.39, 0.29) is 50.0 Å². The lowest BCUT2D eigenvalue weighted by Gasteiger charge is -2.27. The number of nitrogens with one attached hydrogen (secondary N) is 6. The molecule has 11 N–H and O–H groups in total. The number of rotatable bonds is 22. The monoisotopic (exact) mass is 739 g/mol. The van der Waals surface area contributed by atoms with E-state index in [1.165, 1.54) is 4.90 Å². The fourth-order valence-corrected chi connectivity index (χ4v) is 5.52. The van der Waals surface area contributed by atoms with Gasteiger partial charge in [0, 0.05) is 13.0 Å². The summed E-state index contributed by atoms with van der Waals surface area (Å²) < 4.78 is 0. The molecule has 8 amide bonds. The van der Waals surface area contributed by atoms with Crippen molar-refractivity contribution in [2.75, 3.05) is 26.2 Å². The van der Waals surface area contributed by atoms with E-state index in [0.717, 1.165) is 0 Å². The van der Waals surface area contributed by atoms with Crippen LogP contribution in [0.4, 0.5) is 0 Å². The average Bonchev–Trinajstić information content (AvgIpc) is 3.55. The average molecular weight is 740 g/mol. The molecular weight excluding hydrogens is 682 g/mol. The molecule has 1 aliphatic rings. The van der Waals surface area contributed by atoms with Crippen LogP contribution in [0.1, 0.15) is 80.1 Å². The lowest BCUT2D eigenvalue weighted by Crippen LogP contribution is -2.58. The van der Waals surface area contributed by atoms with Crippen LogP contribution in [0.5, 0.6) is 0 Å². The molecule has 1 rings (SSSR count). The summed E-state index contributed by atoms with van der Waals surface area (Å²) in [5, 5.41) is 24.2. The van der Waals surface area contributed by atoms with Crippen LogP contribution in [0, 0.1) is 17.8 Å². The molecule has 0 unspecified atom stereocenters. The zero-order chi connectivity index (χ0) is 39.7. The smallest absolute Gasteiger partial charge is 0.326 e. The number of carboxylic acids is 1. The van der Waals surface area contributed by atoms with E-state index in [1.54, 1.807) is 13.8 Å². The second kappa shape index (κ2) is 22.2. The standard InChI is InChI=1S/C33H57N9O10/c1-17(2)12-21(40-31(49)23-8-7-11-42(23)27(46)14-34)29(47)36-15-26(45)39-22(13-18(3)4)30(48)41-28(19(5)6)32(50)37-16-25(44)38-20(33(51)52)9-10-24(35)43/h17-23,28H,7-16,34H2,1-6H3,(H2,35,43)(H,36,47)(H,37,50)(H,38,44)(H,39,45)(H,40,49)(H,41,48)(H,51,52)/t20-,21-,22-,23-,28-/m0/s1. The molecule has 1 fully saturated rings. The third-order valence-corrected chi connectivity index (χ3v) is 8.16. The number of aliphatic carboxylic acids is 1. The number of carbonyl (C=O) groups is 9. The van der Waals surface area contributed by atoms with Gasteiger partial charge in [-0.25, -0.2) is 4.79 Å². The number of carbonyl (C=O) groups excluding carboxylic acids is 8. The second-order valence-electron chi connectivity index (χ2n) is 14.0. The van der Waals surface area contributed by atoms with E-state index in [4.69, 9.17) is 11.5 Å². The summed E-state index contributed by atoms with van der Waals surface area (Å²) in [5.74, 6) is -7.16. The normalized spacial score (nSPS) is 16.3. The molecule has 0 radical (unpaired) electrons. The minimum atomic E-state index is -1.40. The Morgan fingerprint density at radius 2 is 1.25 bits per heavy atom. The second-order valence-corrected chi connectivity index (χ2v) is 14.0. The van der Waals surface area contributed by atoms with Gasteiger partial charge in [-0.15, -0.1) is 0 Å². The molecule has 0 spiro atoms. The first-order chi connectivity index (χ1) is 24.3. The van der Waals surface area contributed by atoms with Gasteiger partial charge in [-0.3, -0.25) is 38.4 Å². The number of nitrogens with two attached hydrogens (primary N) is 2. The van der Waals surface area contributed by atoms with Crippen LogP contribution in [-0.4, -0.2) is 120 Å². The summed E-state index contributed by atoms with van der Waals surface area (Å²) in [4.78, 5) is 114. The van der Waals surface area contributed by atoms with Gasteiger partial charge in [-0.1, -0.05) is 41.5 Å². The third kappa shape index (κ3) is 16.0. The molecule has 0 aromatic rings. The summed E-state index contributed by atoms with van der Waals surface area (Å²) in [6, 6.07) is -5.41. The Kier molecular flexibility index (Phi) is 19.3. The number of hydrogen-bond donors (Lipinski definition) is 9. The van der Waals surface area contributed by atoms with Crippen molar-refractivity contribution in [3.8, 4) is 0 Å². The Balaban J connectivity index is 2.87. The molecule has 0 aromatic carbocycles. The van der Waals surface area contributed by atoms with Crippen molar-refractivity contribution in [2.24, 2.45) is 29.2 Å². The zero-order valence-corrected chi connectivity index (χ0v) is 30.9. The Morgan fingerprint density at radius 3 is 1.73 bits per heavy atom. The molecule has 0 aromatic heterocycles. The van der Waals surface area contributed by atoms with Crippen LogP contribution in [0.3, 0.4) is 0 Å². The molecule has 0 saturated carbocycles. The van der Waals surface area contributed by atoms with Gasteiger partial charge in [0.05, 0.1) is 19.6 Å². The van der Waals surface area contributed by atoms with Crippen LogP contribution >= 0.6 is 0 Å². The molecule has 0 bridgehead atoms. The number of carboxylic acid groups (broad SMARTS) is 1. The maximum Gasteiger partial charge on any atom is 0.326 e. The lowest BCUT2D eigenvalue weighted by atomic mass is 10.00. The van der Waals surface area contributed by atoms with E-state index in [2.05, 4.69) is 31.9 Å². The van der Waals surface area contributed by atoms with Crippen molar-refractivity contribution in [2.45, 2.75) is 110 Å².